The van der Waals surface area contributed by atoms with Crippen LogP contribution in [-0.4, -0.2) is 56.1 Å². The fraction of sp³-hybridized carbons (Fsp3) is 0.684. The summed E-state index contributed by atoms with van der Waals surface area (Å²) in [6.45, 7) is 9.96. The molecule has 1 amide bonds. The Bertz CT molecular complexity index is 548. The van der Waals surface area contributed by atoms with E-state index in [-0.39, 0.29) is 17.2 Å². The molecule has 0 unspecified atom stereocenters. The number of anilines is 1. The minimum atomic E-state index is 0.0886. The van der Waals surface area contributed by atoms with Crippen molar-refractivity contribution >= 4 is 11.7 Å². The number of hydrogen-bond donors (Lipinski definition) is 1. The van der Waals surface area contributed by atoms with Crippen LogP contribution in [0.25, 0.3) is 0 Å². The van der Waals surface area contributed by atoms with Gasteiger partial charge in [-0.2, -0.15) is 0 Å². The molecule has 0 spiro atoms. The highest BCUT2D eigenvalue weighted by molar-refractivity contribution is 5.79. The van der Waals surface area contributed by atoms with Crippen molar-refractivity contribution in [3.63, 3.8) is 0 Å². The molecule has 1 aromatic heterocycles. The largest absolute Gasteiger partial charge is 0.357 e. The van der Waals surface area contributed by atoms with Gasteiger partial charge in [0.15, 0.2) is 0 Å². The Morgan fingerprint density at radius 1 is 1.38 bits per heavy atom. The Labute approximate surface area is 146 Å². The Balaban J connectivity index is 1.80. The van der Waals surface area contributed by atoms with Crippen molar-refractivity contribution < 1.29 is 4.79 Å². The molecule has 5 heteroatoms. The van der Waals surface area contributed by atoms with Crippen LogP contribution >= 0.6 is 0 Å². The lowest BCUT2D eigenvalue weighted by atomic mass is 9.91. The summed E-state index contributed by atoms with van der Waals surface area (Å²) in [5.74, 6) is 1.36. The summed E-state index contributed by atoms with van der Waals surface area (Å²) < 4.78 is 0. The smallest absolute Gasteiger partial charge is 0.223 e. The number of pyridine rings is 1. The van der Waals surface area contributed by atoms with Gasteiger partial charge in [-0.15, -0.1) is 0 Å². The second-order valence-electron chi connectivity index (χ2n) is 8.07. The van der Waals surface area contributed by atoms with Crippen molar-refractivity contribution in [2.45, 2.75) is 33.6 Å². The van der Waals surface area contributed by atoms with E-state index in [4.69, 9.17) is 0 Å². The third-order valence-corrected chi connectivity index (χ3v) is 4.58. The third kappa shape index (κ3) is 5.48. The quantitative estimate of drug-likeness (QED) is 0.868. The molecule has 0 aliphatic carbocycles. The highest BCUT2D eigenvalue weighted by Gasteiger charge is 2.27. The molecule has 1 aliphatic heterocycles. The van der Waals surface area contributed by atoms with Gasteiger partial charge in [0.25, 0.3) is 0 Å². The summed E-state index contributed by atoms with van der Waals surface area (Å²) in [6.07, 6.45) is 3.65. The first-order valence-electron chi connectivity index (χ1n) is 8.87. The van der Waals surface area contributed by atoms with E-state index in [1.54, 1.807) is 0 Å². The molecular weight excluding hydrogens is 300 g/mol. The summed E-state index contributed by atoms with van der Waals surface area (Å²) in [5, 5.41) is 3.16. The van der Waals surface area contributed by atoms with E-state index in [1.165, 1.54) is 5.56 Å². The highest BCUT2D eigenvalue weighted by atomic mass is 16.1. The van der Waals surface area contributed by atoms with Gasteiger partial charge in [-0.05, 0) is 57.0 Å². The monoisotopic (exact) mass is 332 g/mol. The summed E-state index contributed by atoms with van der Waals surface area (Å²) >= 11 is 0. The lowest BCUT2D eigenvalue weighted by Crippen LogP contribution is -2.45. The zero-order valence-electron chi connectivity index (χ0n) is 15.8. The van der Waals surface area contributed by atoms with Crippen molar-refractivity contribution in [2.75, 3.05) is 45.2 Å². The molecular formula is C19H32N4O. The fourth-order valence-corrected chi connectivity index (χ4v) is 3.45. The highest BCUT2D eigenvalue weighted by Crippen LogP contribution is 2.23. The maximum atomic E-state index is 12.5. The molecule has 5 nitrogen and oxygen atoms in total. The van der Waals surface area contributed by atoms with Gasteiger partial charge in [-0.3, -0.25) is 4.79 Å². The predicted octanol–water partition coefficient (Wildman–Crippen LogP) is 2.31. The van der Waals surface area contributed by atoms with E-state index in [0.29, 0.717) is 0 Å². The topological polar surface area (TPSA) is 48.5 Å². The standard InChI is InChI=1S/C19H32N4O/c1-15-6-9-20-17(12-15)23-10-7-16(8-11-23)18(24)21-13-19(2,3)14-22(4)5/h6,9,12,16H,7-8,10-11,13-14H2,1-5H3,(H,21,24). The van der Waals surface area contributed by atoms with Crippen LogP contribution in [0.4, 0.5) is 5.82 Å². The Hall–Kier alpha value is -1.62. The summed E-state index contributed by atoms with van der Waals surface area (Å²) in [7, 11) is 4.14. The van der Waals surface area contributed by atoms with Crippen LogP contribution in [0.5, 0.6) is 0 Å². The SMILES string of the molecule is Cc1ccnc(N2CCC(C(=O)NCC(C)(C)CN(C)C)CC2)c1. The number of rotatable bonds is 6. The number of nitrogens with zero attached hydrogens (tertiary/aromatic N) is 3. The molecule has 1 aliphatic rings. The van der Waals surface area contributed by atoms with Crippen LogP contribution in [0.3, 0.4) is 0 Å². The Morgan fingerprint density at radius 2 is 2.04 bits per heavy atom. The van der Waals surface area contributed by atoms with E-state index in [0.717, 1.165) is 44.8 Å². The van der Waals surface area contributed by atoms with Gasteiger partial charge < -0.3 is 15.1 Å². The van der Waals surface area contributed by atoms with Gasteiger partial charge in [0.2, 0.25) is 5.91 Å². The van der Waals surface area contributed by atoms with Crippen LogP contribution in [0, 0.1) is 18.3 Å². The lowest BCUT2D eigenvalue weighted by molar-refractivity contribution is -0.126. The molecule has 0 saturated carbocycles. The number of amides is 1. The summed E-state index contributed by atoms with van der Waals surface area (Å²) in [5.41, 5.74) is 1.31. The zero-order chi connectivity index (χ0) is 17.7. The Morgan fingerprint density at radius 3 is 2.62 bits per heavy atom. The summed E-state index contributed by atoms with van der Waals surface area (Å²) in [6, 6.07) is 4.13. The van der Waals surface area contributed by atoms with Gasteiger partial charge in [-0.1, -0.05) is 13.8 Å². The number of carbonyl (C=O) groups is 1. The van der Waals surface area contributed by atoms with Crippen molar-refractivity contribution in [2.24, 2.45) is 11.3 Å². The van der Waals surface area contributed by atoms with Crippen molar-refractivity contribution in [3.8, 4) is 0 Å². The molecule has 1 N–H and O–H groups in total. The first kappa shape index (κ1) is 18.7. The van der Waals surface area contributed by atoms with E-state index in [9.17, 15) is 4.79 Å². The van der Waals surface area contributed by atoms with E-state index in [1.807, 2.05) is 12.3 Å². The van der Waals surface area contributed by atoms with Gasteiger partial charge in [-0.25, -0.2) is 4.98 Å². The van der Waals surface area contributed by atoms with Crippen LogP contribution in [0.2, 0.25) is 0 Å². The van der Waals surface area contributed by atoms with E-state index < -0.39 is 0 Å². The lowest BCUT2D eigenvalue weighted by Gasteiger charge is -2.33. The molecule has 0 radical (unpaired) electrons. The number of nitrogens with one attached hydrogen (secondary N) is 1. The maximum absolute atomic E-state index is 12.5. The average Bonchev–Trinajstić information content (AvgIpc) is 2.52. The van der Waals surface area contributed by atoms with Gasteiger partial charge >= 0.3 is 0 Å². The van der Waals surface area contributed by atoms with Crippen molar-refractivity contribution in [3.05, 3.63) is 23.9 Å². The molecule has 1 aromatic rings. The minimum Gasteiger partial charge on any atom is -0.357 e. The minimum absolute atomic E-state index is 0.0886. The van der Waals surface area contributed by atoms with E-state index in [2.05, 4.69) is 61.0 Å². The molecule has 2 heterocycles. The van der Waals surface area contributed by atoms with Gasteiger partial charge in [0.1, 0.15) is 5.82 Å². The van der Waals surface area contributed by atoms with Crippen LogP contribution < -0.4 is 10.2 Å². The first-order chi connectivity index (χ1) is 11.3. The predicted molar refractivity (Wildman–Crippen MR) is 99.3 cm³/mol. The number of hydrogen-bond acceptors (Lipinski definition) is 4. The number of piperidine rings is 1. The van der Waals surface area contributed by atoms with Crippen LogP contribution in [0.1, 0.15) is 32.3 Å². The molecule has 1 fully saturated rings. The normalized spacial score (nSPS) is 16.5. The molecule has 1 saturated heterocycles. The summed E-state index contributed by atoms with van der Waals surface area (Å²) in [4.78, 5) is 21.4. The first-order valence-corrected chi connectivity index (χ1v) is 8.87. The number of carbonyl (C=O) groups excluding carboxylic acids is 1. The molecule has 2 rings (SSSR count). The third-order valence-electron chi connectivity index (χ3n) is 4.58. The molecule has 24 heavy (non-hydrogen) atoms. The maximum Gasteiger partial charge on any atom is 0.223 e. The number of aryl methyl sites for hydroxylation is 1. The second-order valence-corrected chi connectivity index (χ2v) is 8.07. The molecule has 134 valence electrons. The molecule has 0 atom stereocenters. The second kappa shape index (κ2) is 7.97. The van der Waals surface area contributed by atoms with Crippen LogP contribution in [0.15, 0.2) is 18.3 Å². The van der Waals surface area contributed by atoms with Crippen molar-refractivity contribution in [1.29, 1.82) is 0 Å². The van der Waals surface area contributed by atoms with Crippen molar-refractivity contribution in [1.82, 2.24) is 15.2 Å². The molecule has 0 bridgehead atoms. The fourth-order valence-electron chi connectivity index (χ4n) is 3.45. The zero-order valence-corrected chi connectivity index (χ0v) is 15.8. The average molecular weight is 332 g/mol. The Kier molecular flexibility index (Phi) is 6.21. The van der Waals surface area contributed by atoms with Crippen LogP contribution in [-0.2, 0) is 4.79 Å². The van der Waals surface area contributed by atoms with Gasteiger partial charge in [0, 0.05) is 38.3 Å². The van der Waals surface area contributed by atoms with Gasteiger partial charge in [0.05, 0.1) is 0 Å². The number of aromatic nitrogens is 1. The molecule has 0 aromatic carbocycles. The van der Waals surface area contributed by atoms with E-state index >= 15 is 0 Å².